The normalized spacial score (nSPS) is 20.2. The lowest BCUT2D eigenvalue weighted by atomic mass is 9.91. The molecule has 1 aromatic heterocycles. The molecule has 1 heterocycles. The van der Waals surface area contributed by atoms with Crippen molar-refractivity contribution in [1.82, 2.24) is 20.6 Å². The molecule has 1 saturated carbocycles. The van der Waals surface area contributed by atoms with Crippen LogP contribution in [0.5, 0.6) is 0 Å². The minimum absolute atomic E-state index is 0.0874. The molecule has 7 heteroatoms. The average Bonchev–Trinajstić information content (AvgIpc) is 2.79. The van der Waals surface area contributed by atoms with Crippen molar-refractivity contribution in [3.05, 3.63) is 46.6 Å². The second-order valence-corrected chi connectivity index (χ2v) is 9.40. The molecule has 0 unspecified atom stereocenters. The van der Waals surface area contributed by atoms with Crippen LogP contribution in [0.4, 0.5) is 16.6 Å². The summed E-state index contributed by atoms with van der Waals surface area (Å²) in [6.45, 7) is 2.61. The number of aryl methyl sites for hydroxylation is 2. The van der Waals surface area contributed by atoms with Gasteiger partial charge in [-0.15, -0.1) is 0 Å². The van der Waals surface area contributed by atoms with E-state index >= 15 is 0 Å². The predicted octanol–water partition coefficient (Wildman–Crippen LogP) is 3.95. The fourth-order valence-corrected chi connectivity index (χ4v) is 4.70. The molecule has 0 radical (unpaired) electrons. The van der Waals surface area contributed by atoms with E-state index in [9.17, 15) is 4.79 Å². The second-order valence-electron chi connectivity index (χ2n) is 9.40. The first-order chi connectivity index (χ1) is 15.5. The minimum atomic E-state index is -0.0874. The van der Waals surface area contributed by atoms with Crippen molar-refractivity contribution >= 4 is 17.8 Å². The Morgan fingerprint density at radius 2 is 1.69 bits per heavy atom. The number of aromatic nitrogens is 2. The summed E-state index contributed by atoms with van der Waals surface area (Å²) in [6, 6.07) is 8.71. The molecular formula is C25H36N6O. The van der Waals surface area contributed by atoms with Crippen LogP contribution in [0.15, 0.2) is 24.3 Å². The maximum absolute atomic E-state index is 12.3. The molecule has 172 valence electrons. The van der Waals surface area contributed by atoms with Gasteiger partial charge >= 0.3 is 6.03 Å². The summed E-state index contributed by atoms with van der Waals surface area (Å²) in [6.07, 6.45) is 8.47. The van der Waals surface area contributed by atoms with Gasteiger partial charge in [-0.1, -0.05) is 29.8 Å². The first kappa shape index (κ1) is 22.4. The quantitative estimate of drug-likeness (QED) is 0.639. The molecule has 0 bridgehead atoms. The number of hydrogen-bond acceptors (Lipinski definition) is 5. The van der Waals surface area contributed by atoms with Crippen molar-refractivity contribution in [1.29, 1.82) is 0 Å². The average molecular weight is 437 g/mol. The molecule has 32 heavy (non-hydrogen) atoms. The zero-order chi connectivity index (χ0) is 22.5. The molecule has 4 rings (SSSR count). The topological polar surface area (TPSA) is 82.2 Å². The van der Waals surface area contributed by atoms with Gasteiger partial charge in [-0.25, -0.2) is 9.78 Å². The van der Waals surface area contributed by atoms with Gasteiger partial charge in [0.05, 0.1) is 5.69 Å². The van der Waals surface area contributed by atoms with E-state index in [4.69, 9.17) is 9.97 Å². The van der Waals surface area contributed by atoms with E-state index in [1.807, 2.05) is 0 Å². The third-order valence-electron chi connectivity index (χ3n) is 6.55. The number of hydrogen-bond donors (Lipinski definition) is 3. The maximum atomic E-state index is 12.3. The van der Waals surface area contributed by atoms with Crippen LogP contribution in [0.1, 0.15) is 60.9 Å². The Hall–Kier alpha value is -2.83. The molecule has 0 spiro atoms. The van der Waals surface area contributed by atoms with Crippen LogP contribution in [0.25, 0.3) is 0 Å². The van der Waals surface area contributed by atoms with Crippen molar-refractivity contribution in [2.24, 2.45) is 0 Å². The van der Waals surface area contributed by atoms with Gasteiger partial charge in [-0.3, -0.25) is 0 Å². The number of nitrogens with one attached hydrogen (secondary N) is 3. The van der Waals surface area contributed by atoms with Gasteiger partial charge in [0.2, 0.25) is 5.95 Å². The standard InChI is InChI=1S/C25H36N6O/c1-17-8-10-18(11-9-17)16-26-25(32)28-20-14-12-19(13-15-20)27-24-29-22-7-5-4-6-21(22)23(30-24)31(2)3/h8-11,19-20H,4-7,12-16H2,1-3H3,(H2,26,28,32)(H,27,29,30). The van der Waals surface area contributed by atoms with E-state index in [-0.39, 0.29) is 12.1 Å². The van der Waals surface area contributed by atoms with E-state index in [0.717, 1.165) is 55.9 Å². The number of carbonyl (C=O) groups is 1. The lowest BCUT2D eigenvalue weighted by Gasteiger charge is -2.30. The van der Waals surface area contributed by atoms with Crippen LogP contribution in [0.3, 0.4) is 0 Å². The van der Waals surface area contributed by atoms with E-state index in [1.54, 1.807) is 0 Å². The molecular weight excluding hydrogens is 400 g/mol. The highest BCUT2D eigenvalue weighted by Crippen LogP contribution is 2.29. The van der Waals surface area contributed by atoms with E-state index < -0.39 is 0 Å². The van der Waals surface area contributed by atoms with Gasteiger partial charge < -0.3 is 20.9 Å². The zero-order valence-corrected chi connectivity index (χ0v) is 19.6. The Labute approximate surface area is 191 Å². The highest BCUT2D eigenvalue weighted by atomic mass is 16.2. The Balaban J connectivity index is 1.25. The van der Waals surface area contributed by atoms with Crippen molar-refractivity contribution in [3.8, 4) is 0 Å². The highest BCUT2D eigenvalue weighted by Gasteiger charge is 2.24. The number of benzene rings is 1. The summed E-state index contributed by atoms with van der Waals surface area (Å²) in [4.78, 5) is 24.1. The predicted molar refractivity (Wildman–Crippen MR) is 129 cm³/mol. The fraction of sp³-hybridized carbons (Fsp3) is 0.560. The first-order valence-electron chi connectivity index (χ1n) is 11.9. The highest BCUT2D eigenvalue weighted by molar-refractivity contribution is 5.74. The number of anilines is 2. The van der Waals surface area contributed by atoms with Gasteiger partial charge in [0, 0.05) is 38.3 Å². The molecule has 1 fully saturated rings. The molecule has 2 amide bonds. The molecule has 0 atom stereocenters. The smallest absolute Gasteiger partial charge is 0.315 e. The second kappa shape index (κ2) is 10.2. The molecule has 7 nitrogen and oxygen atoms in total. The molecule has 0 aliphatic heterocycles. The number of urea groups is 1. The molecule has 1 aromatic carbocycles. The lowest BCUT2D eigenvalue weighted by molar-refractivity contribution is 0.231. The summed E-state index contributed by atoms with van der Waals surface area (Å²) < 4.78 is 0. The molecule has 2 aromatic rings. The van der Waals surface area contributed by atoms with Crippen molar-refractivity contribution in [2.75, 3.05) is 24.3 Å². The van der Waals surface area contributed by atoms with Gasteiger partial charge in [-0.2, -0.15) is 4.98 Å². The van der Waals surface area contributed by atoms with E-state index in [2.05, 4.69) is 66.1 Å². The molecule has 0 saturated heterocycles. The molecule has 2 aliphatic rings. The summed E-state index contributed by atoms with van der Waals surface area (Å²) in [5.74, 6) is 1.81. The Morgan fingerprint density at radius 1 is 1.00 bits per heavy atom. The van der Waals surface area contributed by atoms with Gasteiger partial charge in [0.25, 0.3) is 0 Å². The summed E-state index contributed by atoms with van der Waals surface area (Å²) in [7, 11) is 4.11. The molecule has 3 N–H and O–H groups in total. The van der Waals surface area contributed by atoms with Crippen LogP contribution < -0.4 is 20.9 Å². The fourth-order valence-electron chi connectivity index (χ4n) is 4.70. The summed E-state index contributed by atoms with van der Waals surface area (Å²) in [5, 5.41) is 9.68. The Bertz CT molecular complexity index is 919. The number of fused-ring (bicyclic) bond motifs is 1. The van der Waals surface area contributed by atoms with Gasteiger partial charge in [0.1, 0.15) is 5.82 Å². The first-order valence-corrected chi connectivity index (χ1v) is 11.9. The third kappa shape index (κ3) is 5.69. The van der Waals surface area contributed by atoms with Crippen molar-refractivity contribution < 1.29 is 4.79 Å². The Morgan fingerprint density at radius 3 is 2.41 bits per heavy atom. The molecule has 2 aliphatic carbocycles. The van der Waals surface area contributed by atoms with Crippen LogP contribution in [0, 0.1) is 6.92 Å². The van der Waals surface area contributed by atoms with Gasteiger partial charge in [-0.05, 0) is 63.9 Å². The van der Waals surface area contributed by atoms with Crippen molar-refractivity contribution in [3.63, 3.8) is 0 Å². The van der Waals surface area contributed by atoms with Crippen molar-refractivity contribution in [2.45, 2.75) is 76.9 Å². The maximum Gasteiger partial charge on any atom is 0.315 e. The minimum Gasteiger partial charge on any atom is -0.362 e. The largest absolute Gasteiger partial charge is 0.362 e. The lowest BCUT2D eigenvalue weighted by Crippen LogP contribution is -2.44. The zero-order valence-electron chi connectivity index (χ0n) is 19.6. The van der Waals surface area contributed by atoms with Crippen LogP contribution >= 0.6 is 0 Å². The number of amides is 2. The van der Waals surface area contributed by atoms with E-state index in [1.165, 1.54) is 29.7 Å². The van der Waals surface area contributed by atoms with Crippen LogP contribution in [-0.2, 0) is 19.4 Å². The summed E-state index contributed by atoms with van der Waals surface area (Å²) >= 11 is 0. The van der Waals surface area contributed by atoms with Gasteiger partial charge in [0.15, 0.2) is 0 Å². The SMILES string of the molecule is Cc1ccc(CNC(=O)NC2CCC(Nc3nc4c(c(N(C)C)n3)CCCC4)CC2)cc1. The van der Waals surface area contributed by atoms with E-state index in [0.29, 0.717) is 12.6 Å². The number of carbonyl (C=O) groups excluding carboxylic acids is 1. The van der Waals surface area contributed by atoms with Crippen LogP contribution in [0.2, 0.25) is 0 Å². The Kier molecular flexibility index (Phi) is 7.12. The monoisotopic (exact) mass is 436 g/mol. The number of rotatable bonds is 6. The third-order valence-corrected chi connectivity index (χ3v) is 6.55. The summed E-state index contributed by atoms with van der Waals surface area (Å²) in [5.41, 5.74) is 4.86. The van der Waals surface area contributed by atoms with Crippen LogP contribution in [-0.4, -0.2) is 42.2 Å². The number of nitrogens with zero attached hydrogens (tertiary/aromatic N) is 3.